The Hall–Kier alpha value is -1.79. The van der Waals surface area contributed by atoms with Crippen LogP contribution >= 0.6 is 0 Å². The summed E-state index contributed by atoms with van der Waals surface area (Å²) in [5.74, 6) is -0.842. The van der Waals surface area contributed by atoms with E-state index in [4.69, 9.17) is 0 Å². The van der Waals surface area contributed by atoms with E-state index in [2.05, 4.69) is 10.3 Å². The van der Waals surface area contributed by atoms with Gasteiger partial charge in [-0.1, -0.05) is 0 Å². The third-order valence-corrected chi connectivity index (χ3v) is 1.83. The van der Waals surface area contributed by atoms with Gasteiger partial charge in [-0.25, -0.2) is 4.98 Å². The second-order valence-electron chi connectivity index (χ2n) is 3.26. The lowest BCUT2D eigenvalue weighted by Gasteiger charge is -2.08. The highest BCUT2D eigenvalue weighted by molar-refractivity contribution is 5.92. The molecule has 0 aliphatic heterocycles. The zero-order chi connectivity index (χ0) is 12.9. The molecule has 0 fully saturated rings. The van der Waals surface area contributed by atoms with Gasteiger partial charge >= 0.3 is 6.18 Å². The van der Waals surface area contributed by atoms with E-state index in [0.29, 0.717) is 12.2 Å². The number of alkyl halides is 3. The van der Waals surface area contributed by atoms with Gasteiger partial charge < -0.3 is 10.6 Å². The van der Waals surface area contributed by atoms with Crippen LogP contribution in [-0.2, 0) is 0 Å². The van der Waals surface area contributed by atoms with Crippen LogP contribution in [0, 0.1) is 0 Å². The highest BCUT2D eigenvalue weighted by Crippen LogP contribution is 2.12. The lowest BCUT2D eigenvalue weighted by molar-refractivity contribution is -0.123. The van der Waals surface area contributed by atoms with Crippen LogP contribution in [0.15, 0.2) is 18.3 Å². The van der Waals surface area contributed by atoms with E-state index in [1.54, 1.807) is 11.4 Å². The van der Waals surface area contributed by atoms with Crippen LogP contribution in [-0.4, -0.2) is 30.2 Å². The molecule has 0 spiro atoms. The predicted molar refractivity (Wildman–Crippen MR) is 56.8 cm³/mol. The van der Waals surface area contributed by atoms with Crippen molar-refractivity contribution in [1.29, 1.82) is 0 Å². The molecule has 0 radical (unpaired) electrons. The summed E-state index contributed by atoms with van der Waals surface area (Å²) in [5, 5.41) is 4.70. The van der Waals surface area contributed by atoms with Crippen LogP contribution in [0.5, 0.6) is 0 Å². The fraction of sp³-hybridized carbons (Fsp3) is 0.400. The number of pyridine rings is 1. The number of carbonyl (C=O) groups excluding carboxylic acids is 1. The van der Waals surface area contributed by atoms with Crippen molar-refractivity contribution in [1.82, 2.24) is 10.3 Å². The Kier molecular flexibility index (Phi) is 4.30. The number of nitrogens with one attached hydrogen (secondary N) is 2. The summed E-state index contributed by atoms with van der Waals surface area (Å²) in [5.41, 5.74) is 0.663. The largest absolute Gasteiger partial charge is 0.405 e. The molecule has 17 heavy (non-hydrogen) atoms. The molecule has 0 aromatic carbocycles. The highest BCUT2D eigenvalue weighted by Gasteiger charge is 2.28. The van der Waals surface area contributed by atoms with Gasteiger partial charge in [-0.15, -0.1) is 0 Å². The minimum Gasteiger partial charge on any atom is -0.384 e. The topological polar surface area (TPSA) is 54.0 Å². The number of hydrogen-bond donors (Lipinski definition) is 2. The normalized spacial score (nSPS) is 11.1. The highest BCUT2D eigenvalue weighted by atomic mass is 19.4. The van der Waals surface area contributed by atoms with Crippen LogP contribution in [0.3, 0.4) is 0 Å². The van der Waals surface area contributed by atoms with Gasteiger partial charge in [0.1, 0.15) is 12.2 Å². The lowest BCUT2D eigenvalue weighted by atomic mass is 10.3. The Bertz CT molecular complexity index is 375. The Balaban J connectivity index is 2.57. The van der Waals surface area contributed by atoms with Crippen molar-refractivity contribution < 1.29 is 18.0 Å². The van der Waals surface area contributed by atoms with Gasteiger partial charge in [-0.3, -0.25) is 4.79 Å². The molecule has 1 aromatic rings. The van der Waals surface area contributed by atoms with Crippen molar-refractivity contribution in [2.45, 2.75) is 13.1 Å². The third-order valence-electron chi connectivity index (χ3n) is 1.83. The average molecular weight is 247 g/mol. The molecular formula is C10H12F3N3O. The molecular weight excluding hydrogens is 235 g/mol. The van der Waals surface area contributed by atoms with Gasteiger partial charge in [0.05, 0.1) is 11.9 Å². The van der Waals surface area contributed by atoms with Gasteiger partial charge in [-0.2, -0.15) is 13.2 Å². The summed E-state index contributed by atoms with van der Waals surface area (Å²) in [6.45, 7) is 1.23. The fourth-order valence-corrected chi connectivity index (χ4v) is 1.11. The van der Waals surface area contributed by atoms with Gasteiger partial charge in [0.2, 0.25) is 0 Å². The Morgan fingerprint density at radius 3 is 2.59 bits per heavy atom. The first-order valence-corrected chi connectivity index (χ1v) is 4.97. The number of carbonyl (C=O) groups is 1. The first-order valence-electron chi connectivity index (χ1n) is 4.97. The summed E-state index contributed by atoms with van der Waals surface area (Å²) in [6.07, 6.45) is -3.02. The second-order valence-corrected chi connectivity index (χ2v) is 3.26. The van der Waals surface area contributed by atoms with Crippen LogP contribution in [0.2, 0.25) is 0 Å². The maximum atomic E-state index is 11.9. The van der Waals surface area contributed by atoms with Gasteiger partial charge in [-0.05, 0) is 19.1 Å². The molecule has 0 unspecified atom stereocenters. The third kappa shape index (κ3) is 4.71. The smallest absolute Gasteiger partial charge is 0.384 e. The maximum absolute atomic E-state index is 11.9. The molecule has 7 heteroatoms. The molecule has 94 valence electrons. The van der Waals surface area contributed by atoms with Crippen molar-refractivity contribution in [3.8, 4) is 0 Å². The average Bonchev–Trinajstić information content (AvgIpc) is 2.26. The number of halogens is 3. The quantitative estimate of drug-likeness (QED) is 0.853. The number of rotatable bonds is 4. The number of amides is 1. The minimum atomic E-state index is -4.42. The Morgan fingerprint density at radius 1 is 1.41 bits per heavy atom. The molecule has 0 bridgehead atoms. The summed E-state index contributed by atoms with van der Waals surface area (Å²) >= 11 is 0. The fourth-order valence-electron chi connectivity index (χ4n) is 1.11. The maximum Gasteiger partial charge on any atom is 0.405 e. The van der Waals surface area contributed by atoms with E-state index >= 15 is 0 Å². The van der Waals surface area contributed by atoms with Crippen LogP contribution in [0.4, 0.5) is 18.9 Å². The predicted octanol–water partition coefficient (Wildman–Crippen LogP) is 1.81. The van der Waals surface area contributed by atoms with E-state index in [-0.39, 0.29) is 5.69 Å². The first-order chi connectivity index (χ1) is 7.92. The molecule has 0 saturated carbocycles. The zero-order valence-corrected chi connectivity index (χ0v) is 9.14. The van der Waals surface area contributed by atoms with E-state index < -0.39 is 18.6 Å². The Morgan fingerprint density at radius 2 is 2.12 bits per heavy atom. The first kappa shape index (κ1) is 13.3. The van der Waals surface area contributed by atoms with Gasteiger partial charge in [0.15, 0.2) is 0 Å². The van der Waals surface area contributed by atoms with E-state index in [0.717, 1.165) is 0 Å². The van der Waals surface area contributed by atoms with Crippen LogP contribution < -0.4 is 10.6 Å². The number of nitrogens with zero attached hydrogens (tertiary/aromatic N) is 1. The molecule has 0 saturated heterocycles. The van der Waals surface area contributed by atoms with Crippen LogP contribution in [0.1, 0.15) is 17.4 Å². The van der Waals surface area contributed by atoms with Gasteiger partial charge in [0, 0.05) is 6.54 Å². The SMILES string of the molecule is CCNc1ccc(C(=O)NCC(F)(F)F)nc1. The molecule has 1 aromatic heterocycles. The van der Waals surface area contributed by atoms with Crippen molar-refractivity contribution in [2.24, 2.45) is 0 Å². The monoisotopic (exact) mass is 247 g/mol. The van der Waals surface area contributed by atoms with Crippen molar-refractivity contribution in [2.75, 3.05) is 18.4 Å². The number of hydrogen-bond acceptors (Lipinski definition) is 3. The van der Waals surface area contributed by atoms with E-state index in [1.165, 1.54) is 12.3 Å². The summed E-state index contributed by atoms with van der Waals surface area (Å²) in [4.78, 5) is 15.0. The number of anilines is 1. The molecule has 0 atom stereocenters. The molecule has 1 amide bonds. The summed E-state index contributed by atoms with van der Waals surface area (Å²) in [7, 11) is 0. The summed E-state index contributed by atoms with van der Waals surface area (Å²) in [6, 6.07) is 2.95. The molecule has 1 heterocycles. The summed E-state index contributed by atoms with van der Waals surface area (Å²) < 4.78 is 35.6. The van der Waals surface area contributed by atoms with Gasteiger partial charge in [0.25, 0.3) is 5.91 Å². The molecule has 4 nitrogen and oxygen atoms in total. The Labute approximate surface area is 96.2 Å². The van der Waals surface area contributed by atoms with Crippen molar-refractivity contribution in [3.05, 3.63) is 24.0 Å². The van der Waals surface area contributed by atoms with Crippen LogP contribution in [0.25, 0.3) is 0 Å². The molecule has 0 aliphatic carbocycles. The lowest BCUT2D eigenvalue weighted by Crippen LogP contribution is -2.34. The molecule has 0 aliphatic rings. The molecule has 2 N–H and O–H groups in total. The van der Waals surface area contributed by atoms with Crippen molar-refractivity contribution >= 4 is 11.6 Å². The van der Waals surface area contributed by atoms with Crippen molar-refractivity contribution in [3.63, 3.8) is 0 Å². The standard InChI is InChI=1S/C10H12F3N3O/c1-2-14-7-3-4-8(15-5-7)9(17)16-6-10(11,12)13/h3-5,14H,2,6H2,1H3,(H,16,17). The van der Waals surface area contributed by atoms with E-state index in [9.17, 15) is 18.0 Å². The van der Waals surface area contributed by atoms with E-state index in [1.807, 2.05) is 6.92 Å². The number of aromatic nitrogens is 1. The second kappa shape index (κ2) is 5.51. The minimum absolute atomic E-state index is 0.0455. The zero-order valence-electron chi connectivity index (χ0n) is 9.14. The molecule has 1 rings (SSSR count).